The predicted molar refractivity (Wildman–Crippen MR) is 76.4 cm³/mol. The van der Waals surface area contributed by atoms with Gasteiger partial charge in [-0.2, -0.15) is 5.10 Å². The van der Waals surface area contributed by atoms with Gasteiger partial charge in [0.05, 0.1) is 18.6 Å². The molecule has 0 aliphatic heterocycles. The van der Waals surface area contributed by atoms with E-state index in [9.17, 15) is 0 Å². The van der Waals surface area contributed by atoms with Crippen molar-refractivity contribution in [1.82, 2.24) is 9.78 Å². The van der Waals surface area contributed by atoms with Gasteiger partial charge in [0.25, 0.3) is 0 Å². The Morgan fingerprint density at radius 3 is 2.72 bits per heavy atom. The lowest BCUT2D eigenvalue weighted by atomic mass is 10.1. The quantitative estimate of drug-likeness (QED) is 0.758. The molecule has 2 nitrogen and oxygen atoms in total. The number of halogens is 2. The van der Waals surface area contributed by atoms with Gasteiger partial charge in [0.15, 0.2) is 0 Å². The zero-order chi connectivity index (χ0) is 13.1. The number of hydrogen-bond donors (Lipinski definition) is 0. The molecule has 1 heterocycles. The van der Waals surface area contributed by atoms with Gasteiger partial charge in [-0.05, 0) is 23.6 Å². The molecular formula is C14H16Cl2N2. The molecule has 1 aromatic carbocycles. The van der Waals surface area contributed by atoms with Crippen molar-refractivity contribution >= 4 is 23.2 Å². The fraction of sp³-hybridized carbons (Fsp3) is 0.357. The van der Waals surface area contributed by atoms with Crippen LogP contribution in [-0.2, 0) is 12.4 Å². The standard InChI is InChI=1S/C14H16Cl2N2/c1-10(2)14-12(7-15)8-17-18(14)9-11-4-3-5-13(16)6-11/h3-6,8,10H,7,9H2,1-2H3. The highest BCUT2D eigenvalue weighted by molar-refractivity contribution is 6.30. The van der Waals surface area contributed by atoms with Crippen LogP contribution < -0.4 is 0 Å². The van der Waals surface area contributed by atoms with Gasteiger partial charge in [0, 0.05) is 16.3 Å². The zero-order valence-corrected chi connectivity index (χ0v) is 12.0. The largest absolute Gasteiger partial charge is 0.265 e. The summed E-state index contributed by atoms with van der Waals surface area (Å²) < 4.78 is 2.01. The highest BCUT2D eigenvalue weighted by atomic mass is 35.5. The van der Waals surface area contributed by atoms with E-state index >= 15 is 0 Å². The van der Waals surface area contributed by atoms with Crippen LogP contribution in [-0.4, -0.2) is 9.78 Å². The molecule has 0 radical (unpaired) electrons. The summed E-state index contributed by atoms with van der Waals surface area (Å²) in [5.41, 5.74) is 3.45. The van der Waals surface area contributed by atoms with Crippen LogP contribution >= 0.6 is 23.2 Å². The number of nitrogens with zero attached hydrogens (tertiary/aromatic N) is 2. The minimum Gasteiger partial charge on any atom is -0.265 e. The molecule has 0 aliphatic carbocycles. The lowest BCUT2D eigenvalue weighted by molar-refractivity contribution is 0.615. The smallest absolute Gasteiger partial charge is 0.0663 e. The average molecular weight is 283 g/mol. The number of benzene rings is 1. The molecule has 0 saturated heterocycles. The minimum absolute atomic E-state index is 0.403. The molecule has 2 rings (SSSR count). The SMILES string of the molecule is CC(C)c1c(CCl)cnn1Cc1cccc(Cl)c1. The van der Waals surface area contributed by atoms with Crippen molar-refractivity contribution in [2.75, 3.05) is 0 Å². The zero-order valence-electron chi connectivity index (χ0n) is 10.5. The van der Waals surface area contributed by atoms with Crippen molar-refractivity contribution in [2.45, 2.75) is 32.2 Å². The number of aromatic nitrogens is 2. The molecule has 2 aromatic rings. The first-order valence-corrected chi connectivity index (χ1v) is 6.88. The van der Waals surface area contributed by atoms with Crippen molar-refractivity contribution in [2.24, 2.45) is 0 Å². The summed E-state index contributed by atoms with van der Waals surface area (Å²) in [5.74, 6) is 0.906. The van der Waals surface area contributed by atoms with Crippen LogP contribution in [0.5, 0.6) is 0 Å². The van der Waals surface area contributed by atoms with E-state index in [1.165, 1.54) is 5.69 Å². The molecule has 96 valence electrons. The van der Waals surface area contributed by atoms with E-state index in [0.717, 1.165) is 22.7 Å². The second kappa shape index (κ2) is 5.77. The topological polar surface area (TPSA) is 17.8 Å². The van der Waals surface area contributed by atoms with Gasteiger partial charge in [0.2, 0.25) is 0 Å². The lowest BCUT2D eigenvalue weighted by Crippen LogP contribution is -2.08. The van der Waals surface area contributed by atoms with E-state index in [0.29, 0.717) is 11.8 Å². The minimum atomic E-state index is 0.403. The van der Waals surface area contributed by atoms with Crippen molar-refractivity contribution in [3.63, 3.8) is 0 Å². The van der Waals surface area contributed by atoms with E-state index in [2.05, 4.69) is 25.0 Å². The van der Waals surface area contributed by atoms with Crippen molar-refractivity contribution in [1.29, 1.82) is 0 Å². The molecule has 4 heteroatoms. The molecule has 0 spiro atoms. The maximum absolute atomic E-state index is 6.00. The molecule has 0 unspecified atom stereocenters. The Morgan fingerprint density at radius 2 is 2.11 bits per heavy atom. The molecule has 0 N–H and O–H groups in total. The van der Waals surface area contributed by atoms with Gasteiger partial charge >= 0.3 is 0 Å². The fourth-order valence-electron chi connectivity index (χ4n) is 2.14. The first-order valence-electron chi connectivity index (χ1n) is 5.96. The van der Waals surface area contributed by atoms with E-state index in [-0.39, 0.29) is 0 Å². The first kappa shape index (κ1) is 13.4. The van der Waals surface area contributed by atoms with Gasteiger partial charge in [-0.3, -0.25) is 4.68 Å². The normalized spacial score (nSPS) is 11.2. The third-order valence-electron chi connectivity index (χ3n) is 2.87. The molecular weight excluding hydrogens is 267 g/mol. The summed E-state index contributed by atoms with van der Waals surface area (Å²) in [6, 6.07) is 7.85. The molecule has 0 aliphatic rings. The van der Waals surface area contributed by atoms with Crippen molar-refractivity contribution in [3.8, 4) is 0 Å². The second-order valence-electron chi connectivity index (χ2n) is 4.63. The molecule has 0 amide bonds. The highest BCUT2D eigenvalue weighted by Gasteiger charge is 2.13. The Bertz CT molecular complexity index is 532. The Balaban J connectivity index is 2.32. The van der Waals surface area contributed by atoms with Gasteiger partial charge < -0.3 is 0 Å². The maximum Gasteiger partial charge on any atom is 0.0663 e. The van der Waals surface area contributed by atoms with Gasteiger partial charge in [-0.15, -0.1) is 11.6 Å². The van der Waals surface area contributed by atoms with Crippen LogP contribution in [0.1, 0.15) is 36.6 Å². The van der Waals surface area contributed by atoms with E-state index < -0.39 is 0 Å². The first-order chi connectivity index (χ1) is 8.61. The monoisotopic (exact) mass is 282 g/mol. The second-order valence-corrected chi connectivity index (χ2v) is 5.33. The van der Waals surface area contributed by atoms with Crippen LogP contribution in [0, 0.1) is 0 Å². The Hall–Kier alpha value is -0.990. The number of rotatable bonds is 4. The van der Waals surface area contributed by atoms with E-state index in [4.69, 9.17) is 23.2 Å². The highest BCUT2D eigenvalue weighted by Crippen LogP contribution is 2.22. The van der Waals surface area contributed by atoms with Crippen LogP contribution in [0.2, 0.25) is 5.02 Å². The summed E-state index contributed by atoms with van der Waals surface area (Å²) in [7, 11) is 0. The van der Waals surface area contributed by atoms with Crippen molar-refractivity contribution in [3.05, 3.63) is 52.3 Å². The van der Waals surface area contributed by atoms with Gasteiger partial charge in [-0.1, -0.05) is 37.6 Å². The Labute approximate surface area is 118 Å². The summed E-state index contributed by atoms with van der Waals surface area (Å²) in [6.45, 7) is 5.04. The van der Waals surface area contributed by atoms with Crippen LogP contribution in [0.25, 0.3) is 0 Å². The third kappa shape index (κ3) is 2.88. The molecule has 0 fully saturated rings. The molecule has 0 bridgehead atoms. The van der Waals surface area contributed by atoms with E-state index in [1.54, 1.807) is 0 Å². The molecule has 0 saturated carbocycles. The molecule has 18 heavy (non-hydrogen) atoms. The molecule has 0 atom stereocenters. The predicted octanol–water partition coefficient (Wildman–Crippen LogP) is 4.45. The lowest BCUT2D eigenvalue weighted by Gasteiger charge is -2.12. The Morgan fingerprint density at radius 1 is 1.33 bits per heavy atom. The van der Waals surface area contributed by atoms with Crippen molar-refractivity contribution < 1.29 is 0 Å². The number of alkyl halides is 1. The van der Waals surface area contributed by atoms with Crippen LogP contribution in [0.3, 0.4) is 0 Å². The molecule has 1 aromatic heterocycles. The van der Waals surface area contributed by atoms with Crippen LogP contribution in [0.4, 0.5) is 0 Å². The van der Waals surface area contributed by atoms with Gasteiger partial charge in [-0.25, -0.2) is 0 Å². The van der Waals surface area contributed by atoms with Crippen LogP contribution in [0.15, 0.2) is 30.5 Å². The average Bonchev–Trinajstić information content (AvgIpc) is 2.72. The summed E-state index contributed by atoms with van der Waals surface area (Å²) in [5, 5.41) is 5.18. The third-order valence-corrected chi connectivity index (χ3v) is 3.40. The van der Waals surface area contributed by atoms with E-state index in [1.807, 2.05) is 29.1 Å². The van der Waals surface area contributed by atoms with Gasteiger partial charge in [0.1, 0.15) is 0 Å². The summed E-state index contributed by atoms with van der Waals surface area (Å²) >= 11 is 11.9. The number of hydrogen-bond acceptors (Lipinski definition) is 1. The maximum atomic E-state index is 6.00. The Kier molecular flexibility index (Phi) is 4.31. The fourth-order valence-corrected chi connectivity index (χ4v) is 2.56. The summed E-state index contributed by atoms with van der Waals surface area (Å²) in [4.78, 5) is 0. The summed E-state index contributed by atoms with van der Waals surface area (Å²) in [6.07, 6.45) is 1.85.